The number of hydrogen-bond acceptors (Lipinski definition) is 3. The van der Waals surface area contributed by atoms with Crippen LogP contribution in [0.15, 0.2) is 30.3 Å². The van der Waals surface area contributed by atoms with Gasteiger partial charge in [-0.3, -0.25) is 4.79 Å². The number of allylic oxidation sites excluding steroid dienone is 1. The zero-order chi connectivity index (χ0) is 12.0. The average molecular weight is 241 g/mol. The van der Waals surface area contributed by atoms with Gasteiger partial charge in [0.2, 0.25) is 5.24 Å². The summed E-state index contributed by atoms with van der Waals surface area (Å²) in [7, 11) is 0. The van der Waals surface area contributed by atoms with Gasteiger partial charge in [-0.25, -0.2) is 0 Å². The van der Waals surface area contributed by atoms with Crippen LogP contribution in [0.1, 0.15) is 18.9 Å². The van der Waals surface area contributed by atoms with E-state index < -0.39 is 11.5 Å². The van der Waals surface area contributed by atoms with E-state index in [0.29, 0.717) is 12.2 Å². The summed E-state index contributed by atoms with van der Waals surface area (Å²) in [5.74, 6) is 0.587. The quantitative estimate of drug-likeness (QED) is 0.489. The highest BCUT2D eigenvalue weighted by atomic mass is 35.5. The van der Waals surface area contributed by atoms with Gasteiger partial charge >= 0.3 is 0 Å². The minimum absolute atomic E-state index is 0.512. The highest BCUT2D eigenvalue weighted by Gasteiger charge is 2.01. The molecule has 1 atom stereocenters. The number of rotatable bonds is 5. The maximum atomic E-state index is 10.5. The van der Waals surface area contributed by atoms with Crippen molar-refractivity contribution in [3.63, 3.8) is 0 Å². The molecule has 16 heavy (non-hydrogen) atoms. The van der Waals surface area contributed by atoms with Crippen LogP contribution in [0.3, 0.4) is 0 Å². The third-order valence-corrected chi connectivity index (χ3v) is 2.03. The Bertz CT molecular complexity index is 370. The van der Waals surface area contributed by atoms with Gasteiger partial charge in [0.05, 0.1) is 0 Å². The molecule has 4 heteroatoms. The molecule has 0 amide bonds. The molecule has 1 aromatic carbocycles. The molecule has 0 fully saturated rings. The van der Waals surface area contributed by atoms with Crippen LogP contribution >= 0.6 is 11.6 Å². The zero-order valence-corrected chi connectivity index (χ0v) is 9.65. The first-order valence-electron chi connectivity index (χ1n) is 4.94. The minimum Gasteiger partial charge on any atom is -0.465 e. The van der Waals surface area contributed by atoms with Crippen molar-refractivity contribution in [3.8, 4) is 5.75 Å². The Kier molecular flexibility index (Phi) is 5.02. The summed E-state index contributed by atoms with van der Waals surface area (Å²) in [6.07, 6.45) is 2.63. The third-order valence-electron chi connectivity index (χ3n) is 1.91. The fraction of sp³-hybridized carbons (Fsp3) is 0.250. The van der Waals surface area contributed by atoms with Crippen molar-refractivity contribution >= 4 is 22.9 Å². The van der Waals surface area contributed by atoms with Crippen LogP contribution in [0.2, 0.25) is 0 Å². The van der Waals surface area contributed by atoms with Crippen molar-refractivity contribution in [2.24, 2.45) is 0 Å². The molecule has 0 aromatic heterocycles. The van der Waals surface area contributed by atoms with Gasteiger partial charge in [-0.05, 0) is 35.4 Å². The topological polar surface area (TPSA) is 46.5 Å². The summed E-state index contributed by atoms with van der Waals surface area (Å²) in [4.78, 5) is 10.5. The highest BCUT2D eigenvalue weighted by Crippen LogP contribution is 2.15. The van der Waals surface area contributed by atoms with Crippen LogP contribution in [-0.4, -0.2) is 16.6 Å². The second-order valence-electron chi connectivity index (χ2n) is 3.19. The van der Waals surface area contributed by atoms with Crippen LogP contribution in [0.5, 0.6) is 5.75 Å². The summed E-state index contributed by atoms with van der Waals surface area (Å²) in [6, 6.07) is 6.98. The lowest BCUT2D eigenvalue weighted by Gasteiger charge is -2.10. The predicted octanol–water partition coefficient (Wildman–Crippen LogP) is 2.57. The van der Waals surface area contributed by atoms with Crippen LogP contribution < -0.4 is 4.74 Å². The molecule has 1 unspecified atom stereocenters. The van der Waals surface area contributed by atoms with Gasteiger partial charge in [-0.15, -0.1) is 0 Å². The molecule has 0 spiro atoms. The standard InChI is InChI=1S/C12H13ClO3/c1-2-12(15)16-10-6-3-9(4-7-10)5-8-11(13)14/h3-8,12,15H,2H2,1H3/b8-5+. The van der Waals surface area contributed by atoms with E-state index in [1.165, 1.54) is 6.08 Å². The molecule has 0 aliphatic rings. The van der Waals surface area contributed by atoms with Gasteiger partial charge < -0.3 is 9.84 Å². The Balaban J connectivity index is 2.64. The number of aliphatic hydroxyl groups excluding tert-OH is 1. The first kappa shape index (κ1) is 12.7. The number of ether oxygens (including phenoxy) is 1. The van der Waals surface area contributed by atoms with Crippen molar-refractivity contribution in [2.75, 3.05) is 0 Å². The van der Waals surface area contributed by atoms with E-state index in [1.807, 2.05) is 6.92 Å². The Labute approximate surface area is 99.3 Å². The maximum absolute atomic E-state index is 10.5. The SMILES string of the molecule is CCC(O)Oc1ccc(/C=C/C(=O)Cl)cc1. The molecule has 0 bridgehead atoms. The number of hydrogen-bond donors (Lipinski definition) is 1. The number of carbonyl (C=O) groups is 1. The van der Waals surface area contributed by atoms with Crippen LogP contribution in [0.4, 0.5) is 0 Å². The summed E-state index contributed by atoms with van der Waals surface area (Å²) in [5, 5.41) is 8.75. The number of benzene rings is 1. The summed E-state index contributed by atoms with van der Waals surface area (Å²) >= 11 is 5.16. The van der Waals surface area contributed by atoms with E-state index in [4.69, 9.17) is 16.3 Å². The van der Waals surface area contributed by atoms with Crippen LogP contribution in [0.25, 0.3) is 6.08 Å². The first-order valence-corrected chi connectivity index (χ1v) is 5.32. The largest absolute Gasteiger partial charge is 0.465 e. The predicted molar refractivity (Wildman–Crippen MR) is 63.3 cm³/mol. The van der Waals surface area contributed by atoms with Gasteiger partial charge in [0.1, 0.15) is 5.75 Å². The van der Waals surface area contributed by atoms with Gasteiger partial charge in [0.15, 0.2) is 6.29 Å². The Morgan fingerprint density at radius 3 is 2.62 bits per heavy atom. The molecule has 86 valence electrons. The van der Waals surface area contributed by atoms with E-state index in [-0.39, 0.29) is 0 Å². The fourth-order valence-electron chi connectivity index (χ4n) is 1.06. The van der Waals surface area contributed by atoms with Crippen molar-refractivity contribution in [1.82, 2.24) is 0 Å². The second kappa shape index (κ2) is 6.30. The summed E-state index contributed by atoms with van der Waals surface area (Å²) < 4.78 is 5.18. The molecule has 0 heterocycles. The maximum Gasteiger partial charge on any atom is 0.245 e. The molecule has 1 aromatic rings. The zero-order valence-electron chi connectivity index (χ0n) is 8.89. The van der Waals surface area contributed by atoms with E-state index in [1.54, 1.807) is 30.3 Å². The summed E-state index contributed by atoms with van der Waals surface area (Å²) in [6.45, 7) is 1.83. The van der Waals surface area contributed by atoms with Gasteiger partial charge in [-0.1, -0.05) is 25.1 Å². The summed E-state index contributed by atoms with van der Waals surface area (Å²) in [5.41, 5.74) is 0.840. The lowest BCUT2D eigenvalue weighted by atomic mass is 10.2. The molecule has 1 rings (SSSR count). The molecular weight excluding hydrogens is 228 g/mol. The minimum atomic E-state index is -0.786. The van der Waals surface area contributed by atoms with E-state index in [9.17, 15) is 9.90 Å². The van der Waals surface area contributed by atoms with Crippen molar-refractivity contribution in [3.05, 3.63) is 35.9 Å². The number of halogens is 1. The number of carbonyl (C=O) groups excluding carboxylic acids is 1. The molecule has 0 radical (unpaired) electrons. The first-order chi connectivity index (χ1) is 7.61. The number of aliphatic hydroxyl groups is 1. The Hall–Kier alpha value is -1.32. The highest BCUT2D eigenvalue weighted by molar-refractivity contribution is 6.66. The van der Waals surface area contributed by atoms with Crippen LogP contribution in [0, 0.1) is 0 Å². The molecule has 1 N–H and O–H groups in total. The molecular formula is C12H13ClO3. The Morgan fingerprint density at radius 2 is 2.12 bits per heavy atom. The van der Waals surface area contributed by atoms with Crippen LogP contribution in [-0.2, 0) is 4.79 Å². The van der Waals surface area contributed by atoms with Gasteiger partial charge in [-0.2, -0.15) is 0 Å². The second-order valence-corrected chi connectivity index (χ2v) is 3.56. The Morgan fingerprint density at radius 1 is 1.50 bits per heavy atom. The molecule has 0 aliphatic carbocycles. The van der Waals surface area contributed by atoms with E-state index >= 15 is 0 Å². The van der Waals surface area contributed by atoms with E-state index in [0.717, 1.165) is 5.56 Å². The average Bonchev–Trinajstić information content (AvgIpc) is 2.28. The lowest BCUT2D eigenvalue weighted by molar-refractivity contribution is -0.107. The molecule has 3 nitrogen and oxygen atoms in total. The third kappa shape index (κ3) is 4.47. The van der Waals surface area contributed by atoms with Gasteiger partial charge in [0, 0.05) is 6.42 Å². The lowest BCUT2D eigenvalue weighted by Crippen LogP contribution is -2.13. The normalized spacial score (nSPS) is 12.7. The van der Waals surface area contributed by atoms with E-state index in [2.05, 4.69) is 0 Å². The van der Waals surface area contributed by atoms with Gasteiger partial charge in [0.25, 0.3) is 0 Å². The van der Waals surface area contributed by atoms with Crippen molar-refractivity contribution < 1.29 is 14.6 Å². The van der Waals surface area contributed by atoms with Crippen molar-refractivity contribution in [1.29, 1.82) is 0 Å². The smallest absolute Gasteiger partial charge is 0.245 e. The molecule has 0 aliphatic heterocycles. The van der Waals surface area contributed by atoms with Crippen molar-refractivity contribution in [2.45, 2.75) is 19.6 Å². The monoisotopic (exact) mass is 240 g/mol. The molecule has 0 saturated carbocycles. The fourth-order valence-corrected chi connectivity index (χ4v) is 1.12. The molecule has 0 saturated heterocycles.